The molecule has 3 N–H and O–H groups in total. The lowest BCUT2D eigenvalue weighted by molar-refractivity contribution is -0.136. The van der Waals surface area contributed by atoms with Crippen LogP contribution in [0.15, 0.2) is 40.3 Å². The van der Waals surface area contributed by atoms with Crippen LogP contribution in [0.5, 0.6) is 0 Å². The maximum Gasteiger partial charge on any atom is 0.336 e. The second-order valence-corrected chi connectivity index (χ2v) is 6.12. The summed E-state index contributed by atoms with van der Waals surface area (Å²) in [4.78, 5) is 30.4. The number of hydrogen-bond acceptors (Lipinski definition) is 5. The van der Waals surface area contributed by atoms with Crippen molar-refractivity contribution in [2.45, 2.75) is 12.8 Å². The maximum atomic E-state index is 12.5. The number of benzene rings is 1. The van der Waals surface area contributed by atoms with E-state index >= 15 is 0 Å². The number of fused-ring (bicyclic) bond motifs is 1. The first-order valence-electron chi connectivity index (χ1n) is 7.11. The Hall–Kier alpha value is -2.38. The fourth-order valence-electron chi connectivity index (χ4n) is 2.89. The first kappa shape index (κ1) is 16.5. The molecule has 1 aromatic carbocycles. The molecule has 1 aliphatic heterocycles. The van der Waals surface area contributed by atoms with E-state index in [0.29, 0.717) is 33.2 Å². The minimum absolute atomic E-state index is 0.193. The number of hydrogen-bond donors (Lipinski definition) is 3. The zero-order valence-corrected chi connectivity index (χ0v) is 14.5. The zero-order chi connectivity index (χ0) is 17.4. The zero-order valence-electron chi connectivity index (χ0n) is 12.9. The molecule has 0 bridgehead atoms. The highest BCUT2D eigenvalue weighted by atomic mass is 35.5. The van der Waals surface area contributed by atoms with Crippen molar-refractivity contribution in [3.8, 4) is 0 Å². The lowest BCUT2D eigenvalue weighted by Crippen LogP contribution is -2.30. The molecule has 0 saturated heterocycles. The molecule has 0 unspecified atom stereocenters. The number of aromatic amines is 2. The lowest BCUT2D eigenvalue weighted by Gasteiger charge is -2.29. The average Bonchev–Trinajstić information content (AvgIpc) is 2.53. The Labute approximate surface area is 147 Å². The smallest absolute Gasteiger partial charge is 0.336 e. The molecule has 1 aromatic heterocycles. The van der Waals surface area contributed by atoms with Crippen molar-refractivity contribution in [3.05, 3.63) is 66.8 Å². The minimum Gasteiger partial charge on any atom is -0.466 e. The predicted molar refractivity (Wildman–Crippen MR) is 93.9 cm³/mol. The van der Waals surface area contributed by atoms with Gasteiger partial charge in [0, 0.05) is 10.7 Å². The fourth-order valence-corrected chi connectivity index (χ4v) is 3.33. The van der Waals surface area contributed by atoms with Crippen LogP contribution in [-0.2, 0) is 9.53 Å². The minimum atomic E-state index is -0.669. The summed E-state index contributed by atoms with van der Waals surface area (Å²) in [5.41, 5.74) is 1.48. The molecule has 24 heavy (non-hydrogen) atoms. The molecule has 0 amide bonds. The Balaban J connectivity index is 2.37. The number of anilines is 1. The van der Waals surface area contributed by atoms with E-state index in [-0.39, 0.29) is 10.3 Å². The van der Waals surface area contributed by atoms with Crippen LogP contribution in [0.3, 0.4) is 0 Å². The van der Waals surface area contributed by atoms with Crippen molar-refractivity contribution in [1.29, 1.82) is 0 Å². The van der Waals surface area contributed by atoms with Crippen LogP contribution < -0.4 is 10.9 Å². The number of carbonyl (C=O) groups excluding carboxylic acids is 1. The van der Waals surface area contributed by atoms with E-state index in [1.165, 1.54) is 7.11 Å². The van der Waals surface area contributed by atoms with Gasteiger partial charge in [0.25, 0.3) is 5.56 Å². The Morgan fingerprint density at radius 2 is 2.00 bits per heavy atom. The summed E-state index contributed by atoms with van der Waals surface area (Å²) in [7, 11) is 1.30. The van der Waals surface area contributed by atoms with Crippen LogP contribution in [0.2, 0.25) is 5.02 Å². The van der Waals surface area contributed by atoms with Crippen molar-refractivity contribution < 1.29 is 9.53 Å². The SMILES string of the molecule is COC(=O)C1=C(C)Nc2[nH]c(=S)[nH]c(=O)c2[C@@H]1c1ccccc1Cl. The van der Waals surface area contributed by atoms with Gasteiger partial charge in [0.15, 0.2) is 4.77 Å². The molecule has 2 aromatic rings. The summed E-state index contributed by atoms with van der Waals surface area (Å²) in [6.07, 6.45) is 0. The Kier molecular flexibility index (Phi) is 4.29. The molecule has 0 spiro atoms. The summed E-state index contributed by atoms with van der Waals surface area (Å²) in [6, 6.07) is 7.07. The monoisotopic (exact) mass is 363 g/mol. The number of esters is 1. The molecule has 124 valence electrons. The first-order valence-corrected chi connectivity index (χ1v) is 7.89. The van der Waals surface area contributed by atoms with Crippen LogP contribution in [0, 0.1) is 4.77 Å². The van der Waals surface area contributed by atoms with E-state index in [0.717, 1.165) is 0 Å². The third-order valence-electron chi connectivity index (χ3n) is 3.89. The third kappa shape index (κ3) is 2.65. The summed E-state index contributed by atoms with van der Waals surface area (Å²) in [5, 5.41) is 3.47. The van der Waals surface area contributed by atoms with E-state index < -0.39 is 11.9 Å². The molecule has 2 heterocycles. The lowest BCUT2D eigenvalue weighted by atomic mass is 9.82. The number of H-pyrrole nitrogens is 2. The van der Waals surface area contributed by atoms with Gasteiger partial charge >= 0.3 is 5.97 Å². The molecule has 8 heteroatoms. The molecule has 0 fully saturated rings. The molecule has 0 aliphatic carbocycles. The van der Waals surface area contributed by atoms with Crippen LogP contribution in [0.1, 0.15) is 24.0 Å². The van der Waals surface area contributed by atoms with Gasteiger partial charge < -0.3 is 15.0 Å². The summed E-state index contributed by atoms with van der Waals surface area (Å²) in [6.45, 7) is 1.73. The number of halogens is 1. The summed E-state index contributed by atoms with van der Waals surface area (Å²) < 4.78 is 5.10. The number of ether oxygens (including phenoxy) is 1. The summed E-state index contributed by atoms with van der Waals surface area (Å²) in [5.74, 6) is -0.755. The van der Waals surface area contributed by atoms with E-state index in [2.05, 4.69) is 15.3 Å². The van der Waals surface area contributed by atoms with Gasteiger partial charge in [-0.15, -0.1) is 0 Å². The van der Waals surface area contributed by atoms with Crippen molar-refractivity contribution in [2.75, 3.05) is 12.4 Å². The van der Waals surface area contributed by atoms with Gasteiger partial charge in [0.1, 0.15) is 5.82 Å². The fraction of sp³-hybridized carbons (Fsp3) is 0.188. The van der Waals surface area contributed by atoms with Gasteiger partial charge in [-0.25, -0.2) is 4.79 Å². The van der Waals surface area contributed by atoms with Gasteiger partial charge in [-0.1, -0.05) is 29.8 Å². The van der Waals surface area contributed by atoms with Crippen molar-refractivity contribution in [2.24, 2.45) is 0 Å². The normalized spacial score (nSPS) is 16.4. The number of rotatable bonds is 2. The third-order valence-corrected chi connectivity index (χ3v) is 4.44. The largest absolute Gasteiger partial charge is 0.466 e. The van der Waals surface area contributed by atoms with Crippen molar-refractivity contribution >= 4 is 35.6 Å². The number of methoxy groups -OCH3 is 1. The summed E-state index contributed by atoms with van der Waals surface area (Å²) >= 11 is 11.4. The second-order valence-electron chi connectivity index (χ2n) is 5.31. The van der Waals surface area contributed by atoms with E-state index in [1.807, 2.05) is 0 Å². The topological polar surface area (TPSA) is 87.0 Å². The molecular weight excluding hydrogens is 350 g/mol. The highest BCUT2D eigenvalue weighted by molar-refractivity contribution is 7.71. The average molecular weight is 364 g/mol. The van der Waals surface area contributed by atoms with E-state index in [9.17, 15) is 9.59 Å². The van der Waals surface area contributed by atoms with Crippen molar-refractivity contribution in [1.82, 2.24) is 9.97 Å². The Bertz CT molecular complexity index is 977. The van der Waals surface area contributed by atoms with Crippen LogP contribution in [-0.4, -0.2) is 23.0 Å². The van der Waals surface area contributed by atoms with Gasteiger partial charge in [-0.2, -0.15) is 0 Å². The first-order chi connectivity index (χ1) is 11.4. The molecule has 6 nitrogen and oxygen atoms in total. The van der Waals surface area contributed by atoms with Gasteiger partial charge in [-0.05, 0) is 30.8 Å². The predicted octanol–water partition coefficient (Wildman–Crippen LogP) is 3.09. The Morgan fingerprint density at radius 3 is 2.67 bits per heavy atom. The highest BCUT2D eigenvalue weighted by Gasteiger charge is 2.36. The number of nitrogens with one attached hydrogen (secondary N) is 3. The van der Waals surface area contributed by atoms with E-state index in [4.69, 9.17) is 28.6 Å². The molecular formula is C16H14ClN3O3S. The maximum absolute atomic E-state index is 12.5. The Morgan fingerprint density at radius 1 is 1.29 bits per heavy atom. The number of aromatic nitrogens is 2. The molecule has 1 aliphatic rings. The number of allylic oxidation sites excluding steroid dienone is 1. The molecule has 0 saturated carbocycles. The second kappa shape index (κ2) is 6.26. The van der Waals surface area contributed by atoms with Gasteiger partial charge in [-0.3, -0.25) is 9.78 Å². The van der Waals surface area contributed by atoms with Gasteiger partial charge in [0.2, 0.25) is 0 Å². The molecule has 0 radical (unpaired) electrons. The van der Waals surface area contributed by atoms with Gasteiger partial charge in [0.05, 0.1) is 24.2 Å². The molecule has 3 rings (SSSR count). The van der Waals surface area contributed by atoms with Crippen LogP contribution in [0.25, 0.3) is 0 Å². The van der Waals surface area contributed by atoms with Crippen LogP contribution >= 0.6 is 23.8 Å². The number of carbonyl (C=O) groups is 1. The van der Waals surface area contributed by atoms with Crippen molar-refractivity contribution in [3.63, 3.8) is 0 Å². The molecule has 1 atom stereocenters. The van der Waals surface area contributed by atoms with E-state index in [1.54, 1.807) is 31.2 Å². The van der Waals surface area contributed by atoms with Crippen LogP contribution in [0.4, 0.5) is 5.82 Å². The quantitative estimate of drug-likeness (QED) is 0.563. The highest BCUT2D eigenvalue weighted by Crippen LogP contribution is 2.41. The standard InChI is InChI=1S/C16H14ClN3O3S/c1-7-10(15(22)23-2)11(8-5-3-4-6-9(8)17)12-13(18-7)19-16(24)20-14(12)21/h3-6,11H,1-2H3,(H3,18,19,20,21,24)/t11-/m1/s1.